The van der Waals surface area contributed by atoms with E-state index in [0.29, 0.717) is 30.2 Å². The number of rotatable bonds is 8. The van der Waals surface area contributed by atoms with Crippen molar-refractivity contribution in [1.29, 1.82) is 0 Å². The zero-order valence-corrected chi connectivity index (χ0v) is 21.1. The van der Waals surface area contributed by atoms with Crippen LogP contribution in [0.25, 0.3) is 11.1 Å². The number of alkyl halides is 3. The lowest BCUT2D eigenvalue weighted by atomic mass is 10.0. The third-order valence-corrected chi connectivity index (χ3v) is 6.49. The molecule has 2 heterocycles. The first-order valence-corrected chi connectivity index (χ1v) is 12.2. The van der Waals surface area contributed by atoms with E-state index in [1.807, 2.05) is 30.1 Å². The second-order valence-corrected chi connectivity index (χ2v) is 9.29. The molecule has 11 heteroatoms. The molecule has 6 N–H and O–H groups in total. The molecule has 200 valence electrons. The monoisotopic (exact) mass is 526 g/mol. The Bertz CT molecular complexity index is 1290. The van der Waals surface area contributed by atoms with Crippen LogP contribution in [-0.2, 0) is 17.5 Å². The maximum absolute atomic E-state index is 13.8. The predicted molar refractivity (Wildman–Crippen MR) is 143 cm³/mol. The van der Waals surface area contributed by atoms with Crippen LogP contribution in [0.15, 0.2) is 54.7 Å². The van der Waals surface area contributed by atoms with E-state index < -0.39 is 17.6 Å². The van der Waals surface area contributed by atoms with Gasteiger partial charge in [0.15, 0.2) is 6.21 Å². The van der Waals surface area contributed by atoms with Gasteiger partial charge in [-0.25, -0.2) is 4.98 Å². The summed E-state index contributed by atoms with van der Waals surface area (Å²) in [6, 6.07) is 13.1. The number of anilines is 3. The van der Waals surface area contributed by atoms with Crippen molar-refractivity contribution in [3.05, 3.63) is 71.4 Å². The Morgan fingerprint density at radius 1 is 1.05 bits per heavy atom. The maximum Gasteiger partial charge on any atom is 0.416 e. The molecule has 0 atom stereocenters. The quantitative estimate of drug-likeness (QED) is 0.335. The summed E-state index contributed by atoms with van der Waals surface area (Å²) in [5.74, 6) is -0.118. The largest absolute Gasteiger partial charge is 0.416 e. The van der Waals surface area contributed by atoms with Crippen LogP contribution in [0.1, 0.15) is 16.7 Å². The number of piperazine rings is 1. The smallest absolute Gasteiger partial charge is 0.383 e. The molecule has 0 spiro atoms. The number of likely N-dealkylation sites (N-methyl/N-ethyl adjacent to an activating group) is 1. The summed E-state index contributed by atoms with van der Waals surface area (Å²) >= 11 is 0. The Hall–Kier alpha value is -3.96. The highest BCUT2D eigenvalue weighted by molar-refractivity contribution is 5.94. The van der Waals surface area contributed by atoms with Gasteiger partial charge in [-0.05, 0) is 48.5 Å². The molecule has 0 bridgehead atoms. The topological polar surface area (TPSA) is 112 Å². The van der Waals surface area contributed by atoms with Crippen LogP contribution < -0.4 is 21.8 Å². The van der Waals surface area contributed by atoms with E-state index in [0.717, 1.165) is 30.3 Å². The van der Waals surface area contributed by atoms with Crippen molar-refractivity contribution in [1.82, 2.24) is 14.8 Å². The second-order valence-electron chi connectivity index (χ2n) is 9.29. The number of nitrogens with two attached hydrogens (primary N) is 2. The number of hydrogen-bond acceptors (Lipinski definition) is 6. The van der Waals surface area contributed by atoms with Gasteiger partial charge in [0.25, 0.3) is 0 Å². The van der Waals surface area contributed by atoms with Gasteiger partial charge in [-0.3, -0.25) is 15.1 Å². The second kappa shape index (κ2) is 11.6. The molecule has 0 radical (unpaired) electrons. The standard InChI is InChI=1S/C27H30F3N7O/c1-36-8-10-37(11-9-36)17-19-4-7-23(13-24(19)27(28,29)30)35-25(38)16-33-22-5-2-18(3-6-22)21-12-20(14-31)26(32)34-15-21/h2-7,12-15,31,33H,8-11,16-17H2,1H3,(H2,32,34)(H,35,38)/p+1. The molecular weight excluding hydrogens is 495 g/mol. The van der Waals surface area contributed by atoms with Crippen molar-refractivity contribution >= 4 is 29.3 Å². The average Bonchev–Trinajstić information content (AvgIpc) is 2.89. The fourth-order valence-electron chi connectivity index (χ4n) is 4.25. The van der Waals surface area contributed by atoms with Gasteiger partial charge in [-0.2, -0.15) is 13.2 Å². The van der Waals surface area contributed by atoms with E-state index in [2.05, 4.69) is 20.5 Å². The Kier molecular flexibility index (Phi) is 8.28. The van der Waals surface area contributed by atoms with Crippen LogP contribution in [0, 0.1) is 0 Å². The van der Waals surface area contributed by atoms with E-state index in [4.69, 9.17) is 11.1 Å². The lowest BCUT2D eigenvalue weighted by Crippen LogP contribution is -2.44. The Labute approximate surface area is 219 Å². The summed E-state index contributed by atoms with van der Waals surface area (Å²) in [6.45, 7) is 3.16. The molecule has 38 heavy (non-hydrogen) atoms. The third kappa shape index (κ3) is 6.87. The molecule has 2 aromatic carbocycles. The van der Waals surface area contributed by atoms with Crippen molar-refractivity contribution in [2.24, 2.45) is 0 Å². The molecule has 1 saturated heterocycles. The summed E-state index contributed by atoms with van der Waals surface area (Å²) in [4.78, 5) is 20.8. The van der Waals surface area contributed by atoms with Gasteiger partial charge >= 0.3 is 6.18 Å². The lowest BCUT2D eigenvalue weighted by Gasteiger charge is -2.33. The summed E-state index contributed by atoms with van der Waals surface area (Å²) in [6.07, 6.45) is -1.49. The van der Waals surface area contributed by atoms with Gasteiger partial charge in [-0.15, -0.1) is 0 Å². The summed E-state index contributed by atoms with van der Waals surface area (Å²) < 4.78 is 41.4. The van der Waals surface area contributed by atoms with Gasteiger partial charge in [0.1, 0.15) is 5.82 Å². The molecule has 0 aliphatic carbocycles. The number of nitrogens with one attached hydrogen (secondary N) is 2. The minimum atomic E-state index is -4.52. The van der Waals surface area contributed by atoms with Crippen molar-refractivity contribution in [3.63, 3.8) is 0 Å². The molecule has 1 aromatic heterocycles. The number of pyridine rings is 1. The third-order valence-electron chi connectivity index (χ3n) is 6.49. The van der Waals surface area contributed by atoms with Crippen LogP contribution in [-0.4, -0.2) is 66.7 Å². The van der Waals surface area contributed by atoms with Crippen molar-refractivity contribution in [2.75, 3.05) is 56.1 Å². The van der Waals surface area contributed by atoms with E-state index in [9.17, 15) is 18.0 Å². The van der Waals surface area contributed by atoms with Crippen LogP contribution >= 0.6 is 0 Å². The summed E-state index contributed by atoms with van der Waals surface area (Å²) in [5.41, 5.74) is 8.36. The van der Waals surface area contributed by atoms with Crippen molar-refractivity contribution < 1.29 is 23.4 Å². The first-order valence-electron chi connectivity index (χ1n) is 12.2. The van der Waals surface area contributed by atoms with Crippen LogP contribution in [0.3, 0.4) is 0 Å². The molecular formula is C27H31F3N7O+. The minimum Gasteiger partial charge on any atom is -0.383 e. The van der Waals surface area contributed by atoms with E-state index in [-0.39, 0.29) is 24.3 Å². The molecule has 0 unspecified atom stereocenters. The first kappa shape index (κ1) is 27.1. The fourth-order valence-corrected chi connectivity index (χ4v) is 4.25. The van der Waals surface area contributed by atoms with Crippen LogP contribution in [0.5, 0.6) is 0 Å². The van der Waals surface area contributed by atoms with Gasteiger partial charge < -0.3 is 21.3 Å². The average molecular weight is 527 g/mol. The molecule has 3 aromatic rings. The number of nitrogen functional groups attached to an aromatic ring is 1. The SMILES string of the molecule is CN1CCN(Cc2ccc(NC(=O)CNc3ccc(-c4cnc(N)c(C=[NH2+])c4)cc3)cc2C(F)(F)F)CC1. The molecule has 1 amide bonds. The van der Waals surface area contributed by atoms with Crippen molar-refractivity contribution in [3.8, 4) is 11.1 Å². The highest BCUT2D eigenvalue weighted by atomic mass is 19.4. The number of halogens is 3. The van der Waals surface area contributed by atoms with Crippen molar-refractivity contribution in [2.45, 2.75) is 12.7 Å². The summed E-state index contributed by atoms with van der Waals surface area (Å²) in [7, 11) is 2.00. The van der Waals surface area contributed by atoms with E-state index in [1.165, 1.54) is 18.3 Å². The van der Waals surface area contributed by atoms with Gasteiger partial charge in [0.2, 0.25) is 5.91 Å². The number of aromatic nitrogens is 1. The van der Waals surface area contributed by atoms with Crippen LogP contribution in [0.4, 0.5) is 30.4 Å². The fraction of sp³-hybridized carbons (Fsp3) is 0.296. The normalized spacial score (nSPS) is 14.7. The number of carbonyl (C=O) groups excluding carboxylic acids is 1. The highest BCUT2D eigenvalue weighted by Crippen LogP contribution is 2.34. The van der Waals surface area contributed by atoms with E-state index in [1.54, 1.807) is 18.3 Å². The molecule has 1 aliphatic heterocycles. The Morgan fingerprint density at radius 3 is 2.39 bits per heavy atom. The number of carbonyl (C=O) groups is 1. The van der Waals surface area contributed by atoms with Gasteiger partial charge in [0.05, 0.1) is 17.7 Å². The number of benzene rings is 2. The van der Waals surface area contributed by atoms with E-state index >= 15 is 0 Å². The van der Waals surface area contributed by atoms with Gasteiger partial charge in [0, 0.05) is 55.9 Å². The molecule has 1 aliphatic rings. The lowest BCUT2D eigenvalue weighted by molar-refractivity contribution is -0.138. The summed E-state index contributed by atoms with van der Waals surface area (Å²) in [5, 5.41) is 11.1. The van der Waals surface area contributed by atoms with Gasteiger partial charge in [-0.1, -0.05) is 18.2 Å². The van der Waals surface area contributed by atoms with Crippen LogP contribution in [0.2, 0.25) is 0 Å². The number of nitrogens with zero attached hydrogens (tertiary/aromatic N) is 3. The predicted octanol–water partition coefficient (Wildman–Crippen LogP) is 2.33. The minimum absolute atomic E-state index is 0.102. The molecule has 0 saturated carbocycles. The first-order chi connectivity index (χ1) is 18.1. The molecule has 4 rings (SSSR count). The Balaban J connectivity index is 1.36. The molecule has 8 nitrogen and oxygen atoms in total. The number of amides is 1. The zero-order chi connectivity index (χ0) is 27.3. The molecule has 1 fully saturated rings. The number of hydrogen-bond donors (Lipinski definition) is 4. The highest BCUT2D eigenvalue weighted by Gasteiger charge is 2.34. The Morgan fingerprint density at radius 2 is 1.74 bits per heavy atom. The zero-order valence-electron chi connectivity index (χ0n) is 21.1. The maximum atomic E-state index is 13.8.